The summed E-state index contributed by atoms with van der Waals surface area (Å²) >= 11 is 1.34. The van der Waals surface area contributed by atoms with Gasteiger partial charge in [0.2, 0.25) is 5.16 Å². The number of hydrogen-bond acceptors (Lipinski definition) is 5. The number of nitrogens with zero attached hydrogens (tertiary/aromatic N) is 4. The van der Waals surface area contributed by atoms with Gasteiger partial charge in [0.05, 0.1) is 5.69 Å². The normalized spacial score (nSPS) is 12.8. The highest BCUT2D eigenvalue weighted by molar-refractivity contribution is 7.99. The average molecular weight is 384 g/mol. The Morgan fingerprint density at radius 2 is 1.69 bits per heavy atom. The summed E-state index contributed by atoms with van der Waals surface area (Å²) in [5.41, 5.74) is 1.37. The Labute approximate surface area is 150 Å². The van der Waals surface area contributed by atoms with Gasteiger partial charge in [0, 0.05) is 5.25 Å². The topological polar surface area (TPSA) is 52.8 Å². The van der Waals surface area contributed by atoms with Crippen LogP contribution < -0.4 is 4.74 Å². The van der Waals surface area contributed by atoms with Crippen molar-refractivity contribution in [3.8, 4) is 11.4 Å². The lowest BCUT2D eigenvalue weighted by molar-refractivity contribution is -0.274. The van der Waals surface area contributed by atoms with Crippen LogP contribution >= 0.6 is 11.8 Å². The number of halogens is 4. The number of aromatic nitrogens is 4. The van der Waals surface area contributed by atoms with E-state index in [-0.39, 0.29) is 16.8 Å². The largest absolute Gasteiger partial charge is 0.573 e. The molecule has 0 fully saturated rings. The van der Waals surface area contributed by atoms with Gasteiger partial charge in [-0.25, -0.2) is 4.39 Å². The number of benzene rings is 2. The van der Waals surface area contributed by atoms with Crippen molar-refractivity contribution in [2.24, 2.45) is 0 Å². The molecule has 1 aromatic heterocycles. The van der Waals surface area contributed by atoms with Crippen molar-refractivity contribution in [2.75, 3.05) is 0 Å². The molecule has 1 heterocycles. The number of ether oxygens (including phenoxy) is 1. The van der Waals surface area contributed by atoms with E-state index in [1.54, 1.807) is 12.1 Å². The molecule has 3 aromatic rings. The van der Waals surface area contributed by atoms with Crippen molar-refractivity contribution in [3.05, 3.63) is 59.9 Å². The van der Waals surface area contributed by atoms with E-state index < -0.39 is 6.36 Å². The molecule has 0 saturated carbocycles. The second kappa shape index (κ2) is 7.32. The highest BCUT2D eigenvalue weighted by Crippen LogP contribution is 2.34. The van der Waals surface area contributed by atoms with Crippen molar-refractivity contribution in [3.63, 3.8) is 0 Å². The second-order valence-corrected chi connectivity index (χ2v) is 6.53. The average Bonchev–Trinajstić information content (AvgIpc) is 3.03. The van der Waals surface area contributed by atoms with Crippen molar-refractivity contribution >= 4 is 11.8 Å². The van der Waals surface area contributed by atoms with Crippen LogP contribution in [0, 0.1) is 5.82 Å². The first-order valence-electron chi connectivity index (χ1n) is 7.38. The van der Waals surface area contributed by atoms with Crippen LogP contribution in [-0.4, -0.2) is 26.6 Å². The molecule has 0 unspecified atom stereocenters. The molecule has 3 rings (SSSR count). The van der Waals surface area contributed by atoms with Crippen LogP contribution in [0.15, 0.2) is 53.7 Å². The molecule has 0 bridgehead atoms. The molecule has 26 heavy (non-hydrogen) atoms. The summed E-state index contributed by atoms with van der Waals surface area (Å²) in [4.78, 5) is 0. The van der Waals surface area contributed by atoms with Crippen LogP contribution in [0.3, 0.4) is 0 Å². The van der Waals surface area contributed by atoms with Gasteiger partial charge in [0.25, 0.3) is 0 Å². The first kappa shape index (κ1) is 18.2. The lowest BCUT2D eigenvalue weighted by Crippen LogP contribution is -2.17. The maximum Gasteiger partial charge on any atom is 0.573 e. The van der Waals surface area contributed by atoms with Crippen LogP contribution in [0.2, 0.25) is 0 Å². The Hall–Kier alpha value is -2.62. The first-order chi connectivity index (χ1) is 12.3. The predicted octanol–water partition coefficient (Wildman–Crippen LogP) is 4.55. The van der Waals surface area contributed by atoms with E-state index in [0.29, 0.717) is 10.8 Å². The van der Waals surface area contributed by atoms with Crippen LogP contribution in [-0.2, 0) is 0 Å². The van der Waals surface area contributed by atoms with Crippen LogP contribution in [0.1, 0.15) is 17.7 Å². The molecule has 0 radical (unpaired) electrons. The summed E-state index contributed by atoms with van der Waals surface area (Å²) in [5.74, 6) is -0.653. The molecular weight excluding hydrogens is 372 g/mol. The van der Waals surface area contributed by atoms with Gasteiger partial charge in [-0.05, 0) is 59.3 Å². The van der Waals surface area contributed by atoms with E-state index in [9.17, 15) is 17.6 Å². The van der Waals surface area contributed by atoms with Gasteiger partial charge in [-0.2, -0.15) is 4.68 Å². The molecular formula is C16H12F4N4OS. The fourth-order valence-corrected chi connectivity index (χ4v) is 3.10. The van der Waals surface area contributed by atoms with Crippen molar-refractivity contribution in [1.82, 2.24) is 20.2 Å². The number of alkyl halides is 3. The number of tetrazole rings is 1. The number of rotatable bonds is 5. The zero-order valence-electron chi connectivity index (χ0n) is 13.3. The molecule has 0 aliphatic rings. The second-order valence-electron chi connectivity index (χ2n) is 5.23. The first-order valence-corrected chi connectivity index (χ1v) is 8.26. The maximum absolute atomic E-state index is 13.0. The molecule has 136 valence electrons. The van der Waals surface area contributed by atoms with E-state index >= 15 is 0 Å². The summed E-state index contributed by atoms with van der Waals surface area (Å²) in [6.45, 7) is 1.91. The number of thioether (sulfide) groups is 1. The fourth-order valence-electron chi connectivity index (χ4n) is 2.16. The smallest absolute Gasteiger partial charge is 0.406 e. The van der Waals surface area contributed by atoms with Crippen molar-refractivity contribution < 1.29 is 22.3 Å². The lowest BCUT2D eigenvalue weighted by atomic mass is 10.2. The Balaban J connectivity index is 1.77. The highest BCUT2D eigenvalue weighted by Gasteiger charge is 2.31. The highest BCUT2D eigenvalue weighted by atomic mass is 32.2. The van der Waals surface area contributed by atoms with Gasteiger partial charge in [-0.3, -0.25) is 0 Å². The Bertz CT molecular complexity index is 865. The van der Waals surface area contributed by atoms with Crippen LogP contribution in [0.5, 0.6) is 5.75 Å². The summed E-state index contributed by atoms with van der Waals surface area (Å²) in [6.07, 6.45) is -4.75. The molecule has 10 heteroatoms. The third kappa shape index (κ3) is 4.51. The maximum atomic E-state index is 13.0. The fraction of sp³-hybridized carbons (Fsp3) is 0.188. The third-order valence-electron chi connectivity index (χ3n) is 3.38. The van der Waals surface area contributed by atoms with Crippen molar-refractivity contribution in [2.45, 2.75) is 23.7 Å². The standard InChI is InChI=1S/C16H12F4N4OS/c1-10(11-2-4-12(17)5-3-11)26-15-21-22-23-24(15)13-6-8-14(9-7-13)25-16(18,19)20/h2-10H,1H3/t10-/m1/s1. The number of hydrogen-bond donors (Lipinski definition) is 0. The Morgan fingerprint density at radius 3 is 2.31 bits per heavy atom. The van der Waals surface area contributed by atoms with Gasteiger partial charge < -0.3 is 4.74 Å². The van der Waals surface area contributed by atoms with E-state index in [4.69, 9.17) is 0 Å². The Morgan fingerprint density at radius 1 is 1.04 bits per heavy atom. The lowest BCUT2D eigenvalue weighted by Gasteiger charge is -2.12. The molecule has 1 atom stereocenters. The van der Waals surface area contributed by atoms with Gasteiger partial charge >= 0.3 is 6.36 Å². The molecule has 0 saturated heterocycles. The van der Waals surface area contributed by atoms with E-state index in [0.717, 1.165) is 5.56 Å². The van der Waals surface area contributed by atoms with Gasteiger partial charge in [-0.15, -0.1) is 18.3 Å². The van der Waals surface area contributed by atoms with E-state index in [2.05, 4.69) is 20.3 Å². The van der Waals surface area contributed by atoms with Gasteiger partial charge in [-0.1, -0.05) is 23.9 Å². The minimum atomic E-state index is -4.75. The van der Waals surface area contributed by atoms with E-state index in [1.807, 2.05) is 6.92 Å². The molecule has 0 spiro atoms. The van der Waals surface area contributed by atoms with Gasteiger partial charge in [0.15, 0.2) is 0 Å². The molecule has 5 nitrogen and oxygen atoms in total. The van der Waals surface area contributed by atoms with Crippen molar-refractivity contribution in [1.29, 1.82) is 0 Å². The molecule has 0 aliphatic heterocycles. The third-order valence-corrected chi connectivity index (χ3v) is 4.47. The SMILES string of the molecule is C[C@@H](Sc1nnnn1-c1ccc(OC(F)(F)F)cc1)c1ccc(F)cc1. The minimum Gasteiger partial charge on any atom is -0.406 e. The Kier molecular flexibility index (Phi) is 5.12. The summed E-state index contributed by atoms with van der Waals surface area (Å²) in [6, 6.07) is 11.3. The molecule has 0 N–H and O–H groups in total. The van der Waals surface area contributed by atoms with Crippen LogP contribution in [0.25, 0.3) is 5.69 Å². The zero-order chi connectivity index (χ0) is 18.7. The zero-order valence-corrected chi connectivity index (χ0v) is 14.1. The summed E-state index contributed by atoms with van der Waals surface area (Å²) in [5, 5.41) is 11.8. The quantitative estimate of drug-likeness (QED) is 0.477. The molecule has 0 aliphatic carbocycles. The van der Waals surface area contributed by atoms with Gasteiger partial charge in [0.1, 0.15) is 11.6 Å². The molecule has 0 amide bonds. The van der Waals surface area contributed by atoms with E-state index in [1.165, 1.54) is 52.8 Å². The van der Waals surface area contributed by atoms with Crippen LogP contribution in [0.4, 0.5) is 17.6 Å². The predicted molar refractivity (Wildman–Crippen MR) is 86.5 cm³/mol. The summed E-state index contributed by atoms with van der Waals surface area (Å²) < 4.78 is 54.9. The molecule has 2 aromatic carbocycles. The monoisotopic (exact) mass is 384 g/mol. The summed E-state index contributed by atoms with van der Waals surface area (Å²) in [7, 11) is 0. The minimum absolute atomic E-state index is 0.0619.